The Balaban J connectivity index is 1.51. The van der Waals surface area contributed by atoms with Gasteiger partial charge in [-0.3, -0.25) is 14.4 Å². The van der Waals surface area contributed by atoms with Gasteiger partial charge in [-0.25, -0.2) is 0 Å². The maximum Gasteiger partial charge on any atom is 0.245 e. The Labute approximate surface area is 235 Å². The van der Waals surface area contributed by atoms with Crippen molar-refractivity contribution in [2.45, 2.75) is 69.7 Å². The number of aliphatic hydroxyl groups is 1. The highest BCUT2D eigenvalue weighted by Gasteiger charge is 2.78. The zero-order chi connectivity index (χ0) is 28.5. The fourth-order valence-corrected chi connectivity index (χ4v) is 6.94. The Morgan fingerprint density at radius 3 is 2.48 bits per heavy atom. The molecule has 9 nitrogen and oxygen atoms in total. The van der Waals surface area contributed by atoms with Gasteiger partial charge in [0.1, 0.15) is 17.4 Å². The summed E-state index contributed by atoms with van der Waals surface area (Å²) in [5.74, 6) is -1.92. The second-order valence-electron chi connectivity index (χ2n) is 11.2. The standard InChI is InChI=1S/C31H39N3O6/c1-4-6-18-32-28(37)26-31-17-16-30(3,40-31)24(27(36)33-21-12-14-22(15-13-21)39-5-2)25(31)29(38)34(26)23(19-35)20-10-8-7-9-11-20/h7-15,23-26,35H,4-6,16-19H2,1-3H3,(H,32,37)(H,33,36)/t23-,24+,25+,26?,30-,31?/m1/s1. The summed E-state index contributed by atoms with van der Waals surface area (Å²) in [6, 6.07) is 14.6. The van der Waals surface area contributed by atoms with Crippen LogP contribution < -0.4 is 15.4 Å². The molecule has 40 heavy (non-hydrogen) atoms. The Bertz CT molecular complexity index is 1240. The lowest BCUT2D eigenvalue weighted by Crippen LogP contribution is -2.56. The number of carbonyl (C=O) groups excluding carboxylic acids is 3. The van der Waals surface area contributed by atoms with E-state index in [0.29, 0.717) is 37.4 Å². The molecular formula is C31H39N3O6. The first kappa shape index (κ1) is 28.1. The van der Waals surface area contributed by atoms with Crippen LogP contribution >= 0.6 is 0 Å². The lowest BCUT2D eigenvalue weighted by Gasteiger charge is -2.37. The largest absolute Gasteiger partial charge is 0.494 e. The van der Waals surface area contributed by atoms with E-state index >= 15 is 0 Å². The van der Waals surface area contributed by atoms with Crippen LogP contribution in [0.2, 0.25) is 0 Å². The predicted octanol–water partition coefficient (Wildman–Crippen LogP) is 3.44. The molecule has 2 aromatic rings. The lowest BCUT2D eigenvalue weighted by atomic mass is 9.66. The molecule has 3 N–H and O–H groups in total. The van der Waals surface area contributed by atoms with E-state index in [4.69, 9.17) is 9.47 Å². The van der Waals surface area contributed by atoms with Gasteiger partial charge in [-0.15, -0.1) is 0 Å². The number of rotatable bonds is 11. The predicted molar refractivity (Wildman–Crippen MR) is 149 cm³/mol. The molecule has 3 aliphatic heterocycles. The van der Waals surface area contributed by atoms with Crippen molar-refractivity contribution in [2.24, 2.45) is 11.8 Å². The Kier molecular flexibility index (Phi) is 7.88. The van der Waals surface area contributed by atoms with Gasteiger partial charge in [-0.05, 0) is 62.9 Å². The van der Waals surface area contributed by atoms with Crippen molar-refractivity contribution in [3.05, 3.63) is 60.2 Å². The van der Waals surface area contributed by atoms with Gasteiger partial charge in [0.25, 0.3) is 0 Å². The number of hydrogen-bond donors (Lipinski definition) is 3. The Morgan fingerprint density at radius 2 is 1.82 bits per heavy atom. The van der Waals surface area contributed by atoms with Crippen molar-refractivity contribution < 1.29 is 29.0 Å². The van der Waals surface area contributed by atoms with Gasteiger partial charge < -0.3 is 30.1 Å². The normalized spacial score (nSPS) is 29.2. The van der Waals surface area contributed by atoms with E-state index in [9.17, 15) is 19.5 Å². The van der Waals surface area contributed by atoms with Crippen LogP contribution in [0.1, 0.15) is 58.1 Å². The summed E-state index contributed by atoms with van der Waals surface area (Å²) >= 11 is 0. The topological polar surface area (TPSA) is 117 Å². The molecule has 0 aliphatic carbocycles. The Morgan fingerprint density at radius 1 is 1.10 bits per heavy atom. The third-order valence-electron chi connectivity index (χ3n) is 8.70. The molecule has 0 aromatic heterocycles. The summed E-state index contributed by atoms with van der Waals surface area (Å²) in [5, 5.41) is 16.5. The number of ether oxygens (including phenoxy) is 2. The molecule has 3 aliphatic rings. The zero-order valence-electron chi connectivity index (χ0n) is 23.4. The van der Waals surface area contributed by atoms with Crippen LogP contribution in [0.15, 0.2) is 54.6 Å². The molecule has 3 heterocycles. The molecule has 6 atom stereocenters. The second-order valence-corrected chi connectivity index (χ2v) is 11.2. The smallest absolute Gasteiger partial charge is 0.245 e. The molecule has 0 saturated carbocycles. The van der Waals surface area contributed by atoms with Crippen LogP contribution in [0.4, 0.5) is 5.69 Å². The summed E-state index contributed by atoms with van der Waals surface area (Å²) in [7, 11) is 0. The molecule has 2 unspecified atom stereocenters. The fourth-order valence-electron chi connectivity index (χ4n) is 6.94. The van der Waals surface area contributed by atoms with E-state index in [0.717, 1.165) is 18.4 Å². The zero-order valence-corrected chi connectivity index (χ0v) is 23.4. The molecule has 2 bridgehead atoms. The van der Waals surface area contributed by atoms with E-state index in [1.165, 1.54) is 4.90 Å². The average molecular weight is 550 g/mol. The number of carbonyl (C=O) groups is 3. The number of fused-ring (bicyclic) bond motifs is 1. The number of unbranched alkanes of at least 4 members (excludes halogenated alkanes) is 1. The van der Waals surface area contributed by atoms with Gasteiger partial charge in [0.15, 0.2) is 0 Å². The van der Waals surface area contributed by atoms with Crippen LogP contribution in [0, 0.1) is 11.8 Å². The third kappa shape index (κ3) is 4.65. The molecule has 1 spiro atoms. The van der Waals surface area contributed by atoms with E-state index in [2.05, 4.69) is 10.6 Å². The maximum atomic E-state index is 14.4. The van der Waals surface area contributed by atoms with Crippen molar-refractivity contribution in [3.63, 3.8) is 0 Å². The van der Waals surface area contributed by atoms with Crippen LogP contribution in [-0.4, -0.2) is 64.7 Å². The summed E-state index contributed by atoms with van der Waals surface area (Å²) in [6.45, 7) is 6.46. The van der Waals surface area contributed by atoms with Gasteiger partial charge in [0, 0.05) is 12.2 Å². The molecule has 0 radical (unpaired) electrons. The second kappa shape index (κ2) is 11.2. The van der Waals surface area contributed by atoms with Crippen molar-refractivity contribution >= 4 is 23.4 Å². The first-order valence-corrected chi connectivity index (χ1v) is 14.3. The van der Waals surface area contributed by atoms with E-state index in [1.54, 1.807) is 24.3 Å². The molecule has 3 amide bonds. The lowest BCUT2D eigenvalue weighted by molar-refractivity contribution is -0.149. The van der Waals surface area contributed by atoms with E-state index < -0.39 is 35.1 Å². The highest BCUT2D eigenvalue weighted by Crippen LogP contribution is 2.64. The molecule has 3 saturated heterocycles. The van der Waals surface area contributed by atoms with Crippen LogP contribution in [0.5, 0.6) is 5.75 Å². The third-order valence-corrected chi connectivity index (χ3v) is 8.70. The van der Waals surface area contributed by atoms with Crippen molar-refractivity contribution in [2.75, 3.05) is 25.1 Å². The van der Waals surface area contributed by atoms with E-state index in [-0.39, 0.29) is 24.3 Å². The van der Waals surface area contributed by atoms with Crippen LogP contribution in [0.3, 0.4) is 0 Å². The van der Waals surface area contributed by atoms with Crippen molar-refractivity contribution in [3.8, 4) is 5.75 Å². The number of anilines is 1. The quantitative estimate of drug-likeness (QED) is 0.370. The minimum Gasteiger partial charge on any atom is -0.494 e. The number of nitrogens with one attached hydrogen (secondary N) is 2. The number of aliphatic hydroxyl groups excluding tert-OH is 1. The molecule has 5 rings (SSSR count). The Hall–Kier alpha value is -3.43. The van der Waals surface area contributed by atoms with E-state index in [1.807, 2.05) is 51.1 Å². The van der Waals surface area contributed by atoms with Crippen LogP contribution in [-0.2, 0) is 19.1 Å². The molecule has 214 valence electrons. The SMILES string of the molecule is CCCCNC(=O)C1N([C@H](CO)c2ccccc2)C(=O)[C@@H]2[C@@H](C(=O)Nc3ccc(OCC)cc3)[C@@]3(C)CCC12O3. The van der Waals surface area contributed by atoms with Gasteiger partial charge in [0.05, 0.1) is 36.7 Å². The number of nitrogens with zero attached hydrogens (tertiary/aromatic N) is 1. The number of hydrogen-bond acceptors (Lipinski definition) is 6. The minimum atomic E-state index is -1.16. The molecule has 9 heteroatoms. The molecule has 3 fully saturated rings. The summed E-state index contributed by atoms with van der Waals surface area (Å²) in [4.78, 5) is 43.6. The number of benzene rings is 2. The average Bonchev–Trinajstić information content (AvgIpc) is 3.52. The van der Waals surface area contributed by atoms with Crippen LogP contribution in [0.25, 0.3) is 0 Å². The van der Waals surface area contributed by atoms with Gasteiger partial charge in [0.2, 0.25) is 17.7 Å². The molecule has 2 aromatic carbocycles. The first-order valence-electron chi connectivity index (χ1n) is 14.3. The number of likely N-dealkylation sites (tertiary alicyclic amines) is 1. The minimum absolute atomic E-state index is 0.310. The molecular weight excluding hydrogens is 510 g/mol. The summed E-state index contributed by atoms with van der Waals surface area (Å²) < 4.78 is 12.2. The first-order chi connectivity index (χ1) is 19.3. The number of amides is 3. The van der Waals surface area contributed by atoms with Crippen molar-refractivity contribution in [1.29, 1.82) is 0 Å². The van der Waals surface area contributed by atoms with Gasteiger partial charge in [-0.2, -0.15) is 0 Å². The fraction of sp³-hybridized carbons (Fsp3) is 0.516. The highest BCUT2D eigenvalue weighted by atomic mass is 16.5. The summed E-state index contributed by atoms with van der Waals surface area (Å²) in [6.07, 6.45) is 2.73. The van der Waals surface area contributed by atoms with Crippen molar-refractivity contribution in [1.82, 2.24) is 10.2 Å². The summed E-state index contributed by atoms with van der Waals surface area (Å²) in [5.41, 5.74) is -0.754. The highest BCUT2D eigenvalue weighted by molar-refractivity contribution is 6.02. The maximum absolute atomic E-state index is 14.4. The van der Waals surface area contributed by atoms with Gasteiger partial charge >= 0.3 is 0 Å². The van der Waals surface area contributed by atoms with Gasteiger partial charge in [-0.1, -0.05) is 43.7 Å². The monoisotopic (exact) mass is 549 g/mol.